The molecule has 23 heavy (non-hydrogen) atoms. The second-order valence-electron chi connectivity index (χ2n) is 4.82. The van der Waals surface area contributed by atoms with Crippen molar-refractivity contribution in [3.63, 3.8) is 0 Å². The normalized spacial score (nSPS) is 11.0. The number of nitrogens with one attached hydrogen (secondary N) is 1. The maximum Gasteiger partial charge on any atom is 0.316 e. The summed E-state index contributed by atoms with van der Waals surface area (Å²) in [5.41, 5.74) is -2.53. The second kappa shape index (κ2) is 4.73. The van der Waals surface area contributed by atoms with Gasteiger partial charge in [0, 0.05) is 24.6 Å². The van der Waals surface area contributed by atoms with Gasteiger partial charge in [0.25, 0.3) is 11.4 Å². The molecule has 1 N–H and O–H groups in total. The largest absolute Gasteiger partial charge is 0.316 e. The van der Waals surface area contributed by atoms with E-state index in [1.54, 1.807) is 0 Å². The van der Waals surface area contributed by atoms with Crippen LogP contribution in [-0.4, -0.2) is 19.4 Å². The Hall–Kier alpha value is -3.56. The van der Waals surface area contributed by atoms with Crippen molar-refractivity contribution in [1.29, 1.82) is 0 Å². The van der Waals surface area contributed by atoms with Crippen LogP contribution in [-0.2, 0) is 7.05 Å². The standard InChI is InChI=1S/C13H8N4O6/c1-15-9-5-8(17(22)23)10-6(3-2-4-7(10)16(20)21)11(9)14-12(18)13(15)19/h2-5H,1H3,(H,14,18). The van der Waals surface area contributed by atoms with Crippen LogP contribution in [0.3, 0.4) is 0 Å². The van der Waals surface area contributed by atoms with Gasteiger partial charge in [0.2, 0.25) is 0 Å². The third-order valence-electron chi connectivity index (χ3n) is 3.59. The van der Waals surface area contributed by atoms with E-state index < -0.39 is 32.3 Å². The van der Waals surface area contributed by atoms with E-state index in [0.717, 1.165) is 16.7 Å². The lowest BCUT2D eigenvalue weighted by Crippen LogP contribution is -2.34. The Morgan fingerprint density at radius 3 is 2.35 bits per heavy atom. The van der Waals surface area contributed by atoms with Crippen molar-refractivity contribution in [3.8, 4) is 0 Å². The molecule has 1 aromatic heterocycles. The zero-order chi connectivity index (χ0) is 16.9. The fourth-order valence-corrected chi connectivity index (χ4v) is 2.55. The number of H-pyrrole nitrogens is 1. The van der Waals surface area contributed by atoms with Crippen LogP contribution in [0.15, 0.2) is 33.9 Å². The van der Waals surface area contributed by atoms with E-state index in [2.05, 4.69) is 4.98 Å². The number of nitro benzene ring substituents is 2. The molecule has 0 saturated heterocycles. The zero-order valence-electron chi connectivity index (χ0n) is 11.6. The van der Waals surface area contributed by atoms with Crippen LogP contribution < -0.4 is 11.1 Å². The summed E-state index contributed by atoms with van der Waals surface area (Å²) in [5.74, 6) is 0. The molecule has 3 rings (SSSR count). The summed E-state index contributed by atoms with van der Waals surface area (Å²) >= 11 is 0. The number of nitrogens with zero attached hydrogens (tertiary/aromatic N) is 3. The molecule has 0 radical (unpaired) electrons. The lowest BCUT2D eigenvalue weighted by molar-refractivity contribution is -0.390. The number of rotatable bonds is 2. The van der Waals surface area contributed by atoms with Gasteiger partial charge in [-0.05, 0) is 0 Å². The van der Waals surface area contributed by atoms with Crippen molar-refractivity contribution >= 4 is 33.2 Å². The van der Waals surface area contributed by atoms with Gasteiger partial charge in [-0.3, -0.25) is 29.8 Å². The van der Waals surface area contributed by atoms with E-state index in [9.17, 15) is 29.8 Å². The first-order valence-corrected chi connectivity index (χ1v) is 6.30. The van der Waals surface area contributed by atoms with E-state index in [1.807, 2.05) is 0 Å². The smallest absolute Gasteiger partial charge is 0.315 e. The molecular weight excluding hydrogens is 308 g/mol. The number of nitro groups is 2. The highest BCUT2D eigenvalue weighted by Crippen LogP contribution is 2.37. The molecule has 0 aliphatic heterocycles. The van der Waals surface area contributed by atoms with E-state index in [4.69, 9.17) is 0 Å². The Morgan fingerprint density at radius 2 is 1.74 bits per heavy atom. The van der Waals surface area contributed by atoms with Crippen molar-refractivity contribution in [2.75, 3.05) is 0 Å². The fourth-order valence-electron chi connectivity index (χ4n) is 2.55. The second-order valence-corrected chi connectivity index (χ2v) is 4.82. The fraction of sp³-hybridized carbons (Fsp3) is 0.0769. The number of fused-ring (bicyclic) bond motifs is 3. The van der Waals surface area contributed by atoms with Crippen LogP contribution in [0.1, 0.15) is 0 Å². The third-order valence-corrected chi connectivity index (χ3v) is 3.59. The minimum absolute atomic E-state index is 0.106. The van der Waals surface area contributed by atoms with Crippen molar-refractivity contribution in [2.45, 2.75) is 0 Å². The molecule has 0 amide bonds. The molecule has 3 aromatic rings. The first-order valence-electron chi connectivity index (χ1n) is 6.30. The molecule has 0 atom stereocenters. The molecule has 0 aliphatic rings. The predicted octanol–water partition coefficient (Wildman–Crippen LogP) is 1.20. The third kappa shape index (κ3) is 1.96. The van der Waals surface area contributed by atoms with E-state index >= 15 is 0 Å². The van der Waals surface area contributed by atoms with Gasteiger partial charge in [0.15, 0.2) is 0 Å². The zero-order valence-corrected chi connectivity index (χ0v) is 11.6. The number of aromatic nitrogens is 2. The monoisotopic (exact) mass is 316 g/mol. The molecule has 10 heteroatoms. The van der Waals surface area contributed by atoms with Gasteiger partial charge in [-0.1, -0.05) is 12.1 Å². The summed E-state index contributed by atoms with van der Waals surface area (Å²) < 4.78 is 0.972. The van der Waals surface area contributed by atoms with Gasteiger partial charge >= 0.3 is 11.1 Å². The maximum atomic E-state index is 11.7. The summed E-state index contributed by atoms with van der Waals surface area (Å²) in [6.07, 6.45) is 0. The molecule has 1 heterocycles. The molecule has 2 aromatic carbocycles. The summed E-state index contributed by atoms with van der Waals surface area (Å²) in [6.45, 7) is 0. The highest BCUT2D eigenvalue weighted by molar-refractivity contribution is 6.12. The summed E-state index contributed by atoms with van der Waals surface area (Å²) in [7, 11) is 1.30. The van der Waals surface area contributed by atoms with Crippen LogP contribution in [0.2, 0.25) is 0 Å². The number of aromatic amines is 1. The van der Waals surface area contributed by atoms with Crippen molar-refractivity contribution in [3.05, 3.63) is 65.2 Å². The van der Waals surface area contributed by atoms with Gasteiger partial charge in [0.05, 0.1) is 20.9 Å². The van der Waals surface area contributed by atoms with Crippen LogP contribution in [0.5, 0.6) is 0 Å². The lowest BCUT2D eigenvalue weighted by Gasteiger charge is -2.08. The SMILES string of the molecule is Cn1c(=O)c(=O)[nH]c2c3cccc([N+](=O)[O-])c3c([N+](=O)[O-])cc21. The number of hydrogen-bond acceptors (Lipinski definition) is 6. The van der Waals surface area contributed by atoms with Crippen LogP contribution >= 0.6 is 0 Å². The molecule has 0 aliphatic carbocycles. The van der Waals surface area contributed by atoms with E-state index in [-0.39, 0.29) is 21.8 Å². The van der Waals surface area contributed by atoms with Gasteiger partial charge < -0.3 is 9.55 Å². The van der Waals surface area contributed by atoms with Crippen molar-refractivity contribution in [2.24, 2.45) is 7.05 Å². The number of benzene rings is 2. The average molecular weight is 316 g/mol. The Bertz CT molecular complexity index is 1130. The molecule has 0 spiro atoms. The molecule has 0 bridgehead atoms. The first kappa shape index (κ1) is 14.4. The molecule has 0 saturated carbocycles. The highest BCUT2D eigenvalue weighted by Gasteiger charge is 2.25. The molecule has 0 fully saturated rings. The van der Waals surface area contributed by atoms with Crippen molar-refractivity contribution < 1.29 is 9.85 Å². The Morgan fingerprint density at radius 1 is 1.09 bits per heavy atom. The number of non-ortho nitro benzene ring substituents is 2. The van der Waals surface area contributed by atoms with E-state index in [1.165, 1.54) is 19.2 Å². The molecular formula is C13H8N4O6. The van der Waals surface area contributed by atoms with Crippen LogP contribution in [0, 0.1) is 20.2 Å². The quantitative estimate of drug-likeness (QED) is 0.326. The average Bonchev–Trinajstić information content (AvgIpc) is 2.51. The maximum absolute atomic E-state index is 11.7. The summed E-state index contributed by atoms with van der Waals surface area (Å²) in [5, 5.41) is 22.4. The first-order chi connectivity index (χ1) is 10.8. The topological polar surface area (TPSA) is 141 Å². The van der Waals surface area contributed by atoms with Crippen LogP contribution in [0.25, 0.3) is 21.8 Å². The van der Waals surface area contributed by atoms with Gasteiger partial charge in [-0.15, -0.1) is 0 Å². The van der Waals surface area contributed by atoms with Gasteiger partial charge in [-0.2, -0.15) is 0 Å². The van der Waals surface area contributed by atoms with Gasteiger partial charge in [0.1, 0.15) is 5.39 Å². The predicted molar refractivity (Wildman–Crippen MR) is 80.6 cm³/mol. The molecule has 116 valence electrons. The minimum atomic E-state index is -0.915. The molecule has 0 unspecified atom stereocenters. The number of aryl methyl sites for hydroxylation is 1. The van der Waals surface area contributed by atoms with Crippen molar-refractivity contribution in [1.82, 2.24) is 9.55 Å². The lowest BCUT2D eigenvalue weighted by atomic mass is 10.0. The summed E-state index contributed by atoms with van der Waals surface area (Å²) in [4.78, 5) is 46.7. The Balaban J connectivity index is 2.73. The van der Waals surface area contributed by atoms with Crippen LogP contribution in [0.4, 0.5) is 11.4 Å². The highest BCUT2D eigenvalue weighted by atomic mass is 16.6. The minimum Gasteiger partial charge on any atom is -0.315 e. The Kier molecular flexibility index (Phi) is 2.96. The van der Waals surface area contributed by atoms with Gasteiger partial charge in [-0.25, -0.2) is 0 Å². The molecule has 10 nitrogen and oxygen atoms in total. The summed E-state index contributed by atoms with van der Waals surface area (Å²) in [6, 6.07) is 4.95. The number of hydrogen-bond donors (Lipinski definition) is 1. The Labute approximate surface area is 125 Å². The van der Waals surface area contributed by atoms with E-state index in [0.29, 0.717) is 0 Å².